The minimum Gasteiger partial charge on any atom is -0.464 e. The molecule has 5 rings (SSSR count). The van der Waals surface area contributed by atoms with Gasteiger partial charge in [0.25, 0.3) is 5.91 Å². The van der Waals surface area contributed by atoms with Crippen molar-refractivity contribution < 1.29 is 28.0 Å². The molecular weight excluding hydrogens is 510 g/mol. The highest BCUT2D eigenvalue weighted by Gasteiger charge is 2.28. The lowest BCUT2D eigenvalue weighted by Crippen LogP contribution is -2.23. The maximum Gasteiger partial charge on any atom is 0.338 e. The smallest absolute Gasteiger partial charge is 0.338 e. The number of fused-ring (bicyclic) bond motifs is 2. The van der Waals surface area contributed by atoms with Crippen LogP contribution in [0.25, 0.3) is 11.0 Å². The quantitative estimate of drug-likeness (QED) is 0.226. The molecule has 2 aromatic heterocycles. The van der Waals surface area contributed by atoms with E-state index in [-0.39, 0.29) is 24.7 Å². The molecule has 9 nitrogen and oxygen atoms in total. The molecule has 2 heterocycles. The van der Waals surface area contributed by atoms with Gasteiger partial charge in [0.2, 0.25) is 5.91 Å². The molecule has 0 atom stereocenters. The SMILES string of the molecule is CCOC(=O)c1ccc(NC(=O)c2oc3c(c2C)/C(=N/NC(=O)Cc2coc4cc(C)cc(C)c24)CCC3)cc1. The van der Waals surface area contributed by atoms with Gasteiger partial charge in [0.05, 0.1) is 30.6 Å². The molecule has 2 amide bonds. The van der Waals surface area contributed by atoms with Crippen molar-refractivity contribution in [2.75, 3.05) is 11.9 Å². The number of furan rings is 2. The summed E-state index contributed by atoms with van der Waals surface area (Å²) in [4.78, 5) is 37.8. The van der Waals surface area contributed by atoms with Gasteiger partial charge in [-0.1, -0.05) is 6.07 Å². The molecule has 0 unspecified atom stereocenters. The Kier molecular flexibility index (Phi) is 7.55. The molecule has 9 heteroatoms. The molecule has 4 aromatic rings. The van der Waals surface area contributed by atoms with E-state index in [4.69, 9.17) is 13.6 Å². The summed E-state index contributed by atoms with van der Waals surface area (Å²) >= 11 is 0. The fourth-order valence-corrected chi connectivity index (χ4v) is 5.19. The number of rotatable bonds is 7. The van der Waals surface area contributed by atoms with Crippen molar-refractivity contribution in [1.29, 1.82) is 0 Å². The van der Waals surface area contributed by atoms with Crippen LogP contribution in [0.15, 0.2) is 56.6 Å². The first-order valence-corrected chi connectivity index (χ1v) is 13.3. The van der Waals surface area contributed by atoms with Crippen LogP contribution >= 0.6 is 0 Å². The number of ether oxygens (including phenoxy) is 1. The zero-order valence-corrected chi connectivity index (χ0v) is 23.0. The molecule has 0 radical (unpaired) electrons. The van der Waals surface area contributed by atoms with Gasteiger partial charge in [-0.2, -0.15) is 5.10 Å². The van der Waals surface area contributed by atoms with Gasteiger partial charge in [-0.05, 0) is 82.0 Å². The molecule has 0 aliphatic heterocycles. The normalized spacial score (nSPS) is 13.8. The van der Waals surface area contributed by atoms with Crippen LogP contribution in [0.2, 0.25) is 0 Å². The lowest BCUT2D eigenvalue weighted by molar-refractivity contribution is -0.120. The highest BCUT2D eigenvalue weighted by Crippen LogP contribution is 2.31. The number of aryl methyl sites for hydroxylation is 3. The van der Waals surface area contributed by atoms with Crippen molar-refractivity contribution >= 4 is 40.2 Å². The Hall–Kier alpha value is -4.66. The highest BCUT2D eigenvalue weighted by atomic mass is 16.5. The number of carbonyl (C=O) groups is 3. The summed E-state index contributed by atoms with van der Waals surface area (Å²) in [6.07, 6.45) is 3.86. The summed E-state index contributed by atoms with van der Waals surface area (Å²) < 4.78 is 16.6. The number of hydrazone groups is 1. The summed E-state index contributed by atoms with van der Waals surface area (Å²) in [5, 5.41) is 8.20. The molecule has 0 bridgehead atoms. The number of benzene rings is 2. The second kappa shape index (κ2) is 11.2. The minimum atomic E-state index is -0.419. The first-order chi connectivity index (χ1) is 19.2. The number of amides is 2. The molecule has 0 saturated carbocycles. The fourth-order valence-electron chi connectivity index (χ4n) is 5.19. The second-order valence-corrected chi connectivity index (χ2v) is 9.95. The first kappa shape index (κ1) is 26.9. The van der Waals surface area contributed by atoms with Crippen molar-refractivity contribution in [3.63, 3.8) is 0 Å². The van der Waals surface area contributed by atoms with E-state index in [0.29, 0.717) is 41.1 Å². The summed E-state index contributed by atoms with van der Waals surface area (Å²) in [6.45, 7) is 7.85. The Balaban J connectivity index is 1.29. The van der Waals surface area contributed by atoms with E-state index >= 15 is 0 Å². The minimum absolute atomic E-state index is 0.132. The van der Waals surface area contributed by atoms with Gasteiger partial charge in [0.1, 0.15) is 11.3 Å². The Morgan fingerprint density at radius 1 is 1.05 bits per heavy atom. The molecular formula is C31H31N3O6. The van der Waals surface area contributed by atoms with Crippen molar-refractivity contribution in [3.05, 3.63) is 87.6 Å². The molecule has 1 aliphatic rings. The molecule has 0 spiro atoms. The number of hydrogen-bond donors (Lipinski definition) is 2. The Morgan fingerprint density at radius 2 is 1.82 bits per heavy atom. The van der Waals surface area contributed by atoms with Crippen molar-refractivity contribution in [1.82, 2.24) is 5.43 Å². The zero-order valence-electron chi connectivity index (χ0n) is 23.0. The molecule has 2 aromatic carbocycles. The van der Waals surface area contributed by atoms with Gasteiger partial charge in [0, 0.05) is 34.2 Å². The monoisotopic (exact) mass is 541 g/mol. The van der Waals surface area contributed by atoms with Gasteiger partial charge in [0.15, 0.2) is 5.76 Å². The zero-order chi connectivity index (χ0) is 28.4. The van der Waals surface area contributed by atoms with Gasteiger partial charge < -0.3 is 18.9 Å². The van der Waals surface area contributed by atoms with Crippen LogP contribution < -0.4 is 10.7 Å². The van der Waals surface area contributed by atoms with Crippen molar-refractivity contribution in [2.45, 2.75) is 53.4 Å². The van der Waals surface area contributed by atoms with Crippen molar-refractivity contribution in [2.24, 2.45) is 5.10 Å². The van der Waals surface area contributed by atoms with E-state index in [1.54, 1.807) is 37.5 Å². The fraction of sp³-hybridized carbons (Fsp3) is 0.290. The van der Waals surface area contributed by atoms with Crippen LogP contribution in [0.4, 0.5) is 5.69 Å². The topological polar surface area (TPSA) is 123 Å². The number of esters is 1. The molecule has 206 valence electrons. The summed E-state index contributed by atoms with van der Waals surface area (Å²) in [5.41, 5.74) is 9.44. The van der Waals surface area contributed by atoms with Gasteiger partial charge >= 0.3 is 5.97 Å². The van der Waals surface area contributed by atoms with E-state index in [1.807, 2.05) is 26.8 Å². The molecule has 2 N–H and O–H groups in total. The third-order valence-corrected chi connectivity index (χ3v) is 6.95. The van der Waals surface area contributed by atoms with Gasteiger partial charge in [-0.3, -0.25) is 9.59 Å². The van der Waals surface area contributed by atoms with E-state index in [1.165, 1.54) is 0 Å². The van der Waals surface area contributed by atoms with Gasteiger partial charge in [-0.15, -0.1) is 0 Å². The Labute approximate surface area is 231 Å². The van der Waals surface area contributed by atoms with Crippen LogP contribution in [0, 0.1) is 20.8 Å². The summed E-state index contributed by atoms with van der Waals surface area (Å²) in [5.74, 6) is -0.219. The Morgan fingerprint density at radius 3 is 2.58 bits per heavy atom. The maximum absolute atomic E-state index is 13.1. The van der Waals surface area contributed by atoms with E-state index < -0.39 is 11.9 Å². The largest absolute Gasteiger partial charge is 0.464 e. The standard InChI is InChI=1S/C31H31N3O6/c1-5-38-31(37)20-9-11-22(12-10-20)32-30(36)29-19(4)28-23(7-6-8-24(28)40-29)33-34-26(35)15-21-16-39-25-14-17(2)13-18(3)27(21)25/h9-14,16H,5-8,15H2,1-4H3,(H,32,36)(H,34,35)/b33-23+. The van der Waals surface area contributed by atoms with Crippen LogP contribution in [-0.4, -0.2) is 30.1 Å². The third kappa shape index (κ3) is 5.40. The van der Waals surface area contributed by atoms with Crippen LogP contribution in [0.5, 0.6) is 0 Å². The number of carbonyl (C=O) groups excluding carboxylic acids is 3. The average molecular weight is 542 g/mol. The summed E-state index contributed by atoms with van der Waals surface area (Å²) in [7, 11) is 0. The van der Waals surface area contributed by atoms with Gasteiger partial charge in [-0.25, -0.2) is 10.2 Å². The second-order valence-electron chi connectivity index (χ2n) is 9.95. The number of hydrogen-bond acceptors (Lipinski definition) is 7. The number of nitrogens with zero attached hydrogens (tertiary/aromatic N) is 1. The highest BCUT2D eigenvalue weighted by molar-refractivity contribution is 6.09. The number of anilines is 1. The van der Waals surface area contributed by atoms with E-state index in [2.05, 4.69) is 21.9 Å². The maximum atomic E-state index is 13.1. The first-order valence-electron chi connectivity index (χ1n) is 13.3. The lowest BCUT2D eigenvalue weighted by Gasteiger charge is -2.13. The van der Waals surface area contributed by atoms with E-state index in [0.717, 1.165) is 39.6 Å². The Bertz CT molecular complexity index is 1640. The predicted molar refractivity (Wildman–Crippen MR) is 151 cm³/mol. The van der Waals surface area contributed by atoms with E-state index in [9.17, 15) is 14.4 Å². The van der Waals surface area contributed by atoms with Crippen LogP contribution in [0.3, 0.4) is 0 Å². The average Bonchev–Trinajstić information content (AvgIpc) is 3.49. The number of nitrogens with one attached hydrogen (secondary N) is 2. The molecule has 0 fully saturated rings. The molecule has 1 aliphatic carbocycles. The molecule has 0 saturated heterocycles. The summed E-state index contributed by atoms with van der Waals surface area (Å²) in [6, 6.07) is 10.5. The van der Waals surface area contributed by atoms with Crippen LogP contribution in [-0.2, 0) is 22.4 Å². The third-order valence-electron chi connectivity index (χ3n) is 6.95. The van der Waals surface area contributed by atoms with Crippen molar-refractivity contribution in [3.8, 4) is 0 Å². The lowest BCUT2D eigenvalue weighted by atomic mass is 9.93. The predicted octanol–water partition coefficient (Wildman–Crippen LogP) is 5.78. The molecule has 40 heavy (non-hydrogen) atoms. The van der Waals surface area contributed by atoms with Crippen LogP contribution in [0.1, 0.15) is 74.3 Å².